The summed E-state index contributed by atoms with van der Waals surface area (Å²) in [5, 5.41) is 3.83. The number of carbonyl (C=O) groups is 2. The maximum absolute atomic E-state index is 14.7. The van der Waals surface area contributed by atoms with E-state index in [4.69, 9.17) is 27.9 Å². The molecule has 2 amide bonds. The highest BCUT2D eigenvalue weighted by Crippen LogP contribution is 2.29. The number of carbonyl (C=O) groups excluding carboxylic acids is 2. The predicted molar refractivity (Wildman–Crippen MR) is 190 cm³/mol. The van der Waals surface area contributed by atoms with Gasteiger partial charge in [0.05, 0.1) is 27.7 Å². The lowest BCUT2D eigenvalue weighted by atomic mass is 10.0. The van der Waals surface area contributed by atoms with E-state index >= 15 is 0 Å². The SMILES string of the molecule is COc1cccc(N(CC(=O)N(Cc2ccc(Cl)c(Cl)c2)[C@@H](Cc2ccccc2)C(=O)NC2CCCC2)S(=O)(=O)c2ccc(C)cc2)c1. The van der Waals surface area contributed by atoms with Crippen molar-refractivity contribution in [1.29, 1.82) is 0 Å². The summed E-state index contributed by atoms with van der Waals surface area (Å²) in [6.45, 7) is 1.28. The average Bonchev–Trinajstić information content (AvgIpc) is 3.60. The first-order valence-corrected chi connectivity index (χ1v) is 18.1. The molecule has 1 N–H and O–H groups in total. The molecule has 0 saturated heterocycles. The zero-order chi connectivity index (χ0) is 34.3. The van der Waals surface area contributed by atoms with Crippen LogP contribution in [-0.2, 0) is 32.6 Å². The molecule has 8 nitrogen and oxygen atoms in total. The Morgan fingerprint density at radius 1 is 0.875 bits per heavy atom. The third kappa shape index (κ3) is 8.69. The lowest BCUT2D eigenvalue weighted by molar-refractivity contribution is -0.140. The summed E-state index contributed by atoms with van der Waals surface area (Å²) in [5.41, 5.74) is 2.63. The number of halogens is 2. The molecule has 4 aromatic carbocycles. The second-order valence-electron chi connectivity index (χ2n) is 12.0. The summed E-state index contributed by atoms with van der Waals surface area (Å²) in [6, 6.07) is 26.5. The van der Waals surface area contributed by atoms with E-state index in [9.17, 15) is 18.0 Å². The fourth-order valence-electron chi connectivity index (χ4n) is 5.89. The van der Waals surface area contributed by atoms with Crippen LogP contribution in [0.5, 0.6) is 5.75 Å². The van der Waals surface area contributed by atoms with Gasteiger partial charge in [-0.05, 0) is 67.3 Å². The number of rotatable bonds is 13. The Kier molecular flexibility index (Phi) is 11.7. The van der Waals surface area contributed by atoms with E-state index in [-0.39, 0.29) is 35.5 Å². The molecule has 1 atom stereocenters. The predicted octanol–water partition coefficient (Wildman–Crippen LogP) is 7.20. The molecule has 0 spiro atoms. The molecular weight excluding hydrogens is 669 g/mol. The van der Waals surface area contributed by atoms with Gasteiger partial charge in [-0.2, -0.15) is 0 Å². The number of methoxy groups -OCH3 is 1. The topological polar surface area (TPSA) is 96.0 Å². The summed E-state index contributed by atoms with van der Waals surface area (Å²) in [7, 11) is -2.76. The number of nitrogens with zero attached hydrogens (tertiary/aromatic N) is 2. The molecule has 1 aliphatic carbocycles. The van der Waals surface area contributed by atoms with Gasteiger partial charge in [-0.25, -0.2) is 8.42 Å². The zero-order valence-electron chi connectivity index (χ0n) is 26.9. The Balaban J connectivity index is 1.59. The van der Waals surface area contributed by atoms with Crippen LogP contribution in [0.2, 0.25) is 10.0 Å². The first-order valence-electron chi connectivity index (χ1n) is 15.9. The van der Waals surface area contributed by atoms with Gasteiger partial charge in [-0.1, -0.05) is 96.2 Å². The molecule has 1 saturated carbocycles. The Morgan fingerprint density at radius 2 is 1.58 bits per heavy atom. The smallest absolute Gasteiger partial charge is 0.264 e. The fourth-order valence-corrected chi connectivity index (χ4v) is 7.61. The standard InChI is InChI=1S/C37H39Cl2N3O5S/c1-26-15-18-32(19-16-26)48(45,46)42(30-13-8-14-31(23-30)47-2)25-36(43)41(24-28-17-20-33(38)34(39)21-28)35(22-27-9-4-3-5-10-27)37(44)40-29-11-6-7-12-29/h3-5,8-10,13-21,23,29,35H,6-7,11-12,22,24-25H2,1-2H3,(H,40,44)/t35-/m0/s1. The molecule has 0 aliphatic heterocycles. The van der Waals surface area contributed by atoms with Crippen LogP contribution in [-0.4, -0.2) is 50.9 Å². The van der Waals surface area contributed by atoms with E-state index < -0.39 is 28.5 Å². The third-order valence-electron chi connectivity index (χ3n) is 8.54. The molecule has 1 aliphatic rings. The number of amides is 2. The lowest BCUT2D eigenvalue weighted by Crippen LogP contribution is -2.54. The van der Waals surface area contributed by atoms with Gasteiger partial charge in [0.1, 0.15) is 18.3 Å². The number of nitrogens with one attached hydrogen (secondary N) is 1. The van der Waals surface area contributed by atoms with Crippen LogP contribution < -0.4 is 14.4 Å². The second-order valence-corrected chi connectivity index (χ2v) is 14.7. The number of aryl methyl sites for hydroxylation is 1. The van der Waals surface area contributed by atoms with Crippen molar-refractivity contribution >= 4 is 50.7 Å². The van der Waals surface area contributed by atoms with Crippen LogP contribution >= 0.6 is 23.2 Å². The zero-order valence-corrected chi connectivity index (χ0v) is 29.3. The van der Waals surface area contributed by atoms with E-state index in [1.54, 1.807) is 54.6 Å². The van der Waals surface area contributed by atoms with Crippen molar-refractivity contribution in [1.82, 2.24) is 10.2 Å². The molecule has 252 valence electrons. The molecule has 0 aromatic heterocycles. The van der Waals surface area contributed by atoms with E-state index in [1.807, 2.05) is 37.3 Å². The van der Waals surface area contributed by atoms with E-state index in [0.29, 0.717) is 21.4 Å². The van der Waals surface area contributed by atoms with Gasteiger partial charge in [0.2, 0.25) is 11.8 Å². The first-order chi connectivity index (χ1) is 23.0. The van der Waals surface area contributed by atoms with Crippen molar-refractivity contribution in [2.75, 3.05) is 18.0 Å². The van der Waals surface area contributed by atoms with Crippen LogP contribution in [0, 0.1) is 6.92 Å². The maximum atomic E-state index is 14.7. The first kappa shape index (κ1) is 35.3. The minimum atomic E-state index is -4.24. The van der Waals surface area contributed by atoms with Crippen LogP contribution in [0.15, 0.2) is 102 Å². The van der Waals surface area contributed by atoms with Crippen molar-refractivity contribution < 1.29 is 22.7 Å². The van der Waals surface area contributed by atoms with E-state index in [0.717, 1.165) is 41.1 Å². The highest BCUT2D eigenvalue weighted by molar-refractivity contribution is 7.92. The Labute approximate surface area is 292 Å². The van der Waals surface area contributed by atoms with Gasteiger partial charge < -0.3 is 15.0 Å². The summed E-state index contributed by atoms with van der Waals surface area (Å²) in [4.78, 5) is 30.3. The molecule has 11 heteroatoms. The third-order valence-corrected chi connectivity index (χ3v) is 11.1. The van der Waals surface area contributed by atoms with E-state index in [1.165, 1.54) is 24.1 Å². The monoisotopic (exact) mass is 707 g/mol. The molecule has 0 unspecified atom stereocenters. The highest BCUT2D eigenvalue weighted by atomic mass is 35.5. The Bertz CT molecular complexity index is 1830. The normalized spacial score (nSPS) is 13.9. The molecule has 1 fully saturated rings. The number of ether oxygens (including phenoxy) is 1. The van der Waals surface area contributed by atoms with Crippen LogP contribution in [0.1, 0.15) is 42.4 Å². The second kappa shape index (κ2) is 15.9. The molecule has 0 bridgehead atoms. The van der Waals surface area contributed by atoms with Gasteiger partial charge in [-0.3, -0.25) is 13.9 Å². The van der Waals surface area contributed by atoms with Gasteiger partial charge in [0.25, 0.3) is 10.0 Å². The fraction of sp³-hybridized carbons (Fsp3) is 0.297. The summed E-state index contributed by atoms with van der Waals surface area (Å²) in [6.07, 6.45) is 3.99. The lowest BCUT2D eigenvalue weighted by Gasteiger charge is -2.34. The van der Waals surface area contributed by atoms with Crippen LogP contribution in [0.25, 0.3) is 0 Å². The van der Waals surface area contributed by atoms with Crippen molar-refractivity contribution in [2.24, 2.45) is 0 Å². The van der Waals surface area contributed by atoms with E-state index in [2.05, 4.69) is 5.32 Å². The minimum absolute atomic E-state index is 0.00731. The van der Waals surface area contributed by atoms with Crippen molar-refractivity contribution in [3.05, 3.63) is 124 Å². The Morgan fingerprint density at radius 3 is 2.25 bits per heavy atom. The number of sulfonamides is 1. The van der Waals surface area contributed by atoms with Gasteiger partial charge in [-0.15, -0.1) is 0 Å². The molecule has 5 rings (SSSR count). The summed E-state index contributed by atoms with van der Waals surface area (Å²) >= 11 is 12.6. The molecule has 4 aromatic rings. The maximum Gasteiger partial charge on any atom is 0.264 e. The highest BCUT2D eigenvalue weighted by Gasteiger charge is 2.35. The summed E-state index contributed by atoms with van der Waals surface area (Å²) in [5.74, 6) is -0.440. The van der Waals surface area contributed by atoms with Crippen molar-refractivity contribution in [3.63, 3.8) is 0 Å². The number of hydrogen-bond donors (Lipinski definition) is 1. The molecule has 0 heterocycles. The average molecular weight is 709 g/mol. The molecule has 48 heavy (non-hydrogen) atoms. The quantitative estimate of drug-likeness (QED) is 0.159. The van der Waals surface area contributed by atoms with Crippen LogP contribution in [0.3, 0.4) is 0 Å². The van der Waals surface area contributed by atoms with Gasteiger partial charge in [0, 0.05) is 25.1 Å². The molecular formula is C37H39Cl2N3O5S. The van der Waals surface area contributed by atoms with Crippen LogP contribution in [0.4, 0.5) is 5.69 Å². The number of benzene rings is 4. The number of hydrogen-bond acceptors (Lipinski definition) is 5. The summed E-state index contributed by atoms with van der Waals surface area (Å²) < 4.78 is 35.0. The largest absolute Gasteiger partial charge is 0.497 e. The van der Waals surface area contributed by atoms with Gasteiger partial charge in [0.15, 0.2) is 0 Å². The minimum Gasteiger partial charge on any atom is -0.497 e. The Hall–Kier alpha value is -4.05. The van der Waals surface area contributed by atoms with Crippen molar-refractivity contribution in [2.45, 2.75) is 62.6 Å². The molecule has 0 radical (unpaired) electrons. The van der Waals surface area contributed by atoms with Crippen molar-refractivity contribution in [3.8, 4) is 5.75 Å². The van der Waals surface area contributed by atoms with Gasteiger partial charge >= 0.3 is 0 Å². The number of anilines is 1.